The molecule has 1 heterocycles. The van der Waals surface area contributed by atoms with Crippen molar-refractivity contribution in [1.82, 2.24) is 20.6 Å². The fraction of sp³-hybridized carbons (Fsp3) is 0.375. The maximum Gasteiger partial charge on any atom is 0.166 e. The Hall–Kier alpha value is -1.88. The van der Waals surface area contributed by atoms with E-state index in [4.69, 9.17) is 12.2 Å². The second-order valence-corrected chi connectivity index (χ2v) is 5.36. The van der Waals surface area contributed by atoms with Crippen molar-refractivity contribution >= 4 is 17.3 Å². The second kappa shape index (κ2) is 9.13. The zero-order chi connectivity index (χ0) is 14.8. The zero-order valence-electron chi connectivity index (χ0n) is 12.1. The maximum absolute atomic E-state index is 5.26. The molecule has 112 valence electrons. The van der Waals surface area contributed by atoms with E-state index in [1.54, 1.807) is 6.33 Å². The van der Waals surface area contributed by atoms with Crippen LogP contribution in [0.1, 0.15) is 24.1 Å². The molecule has 0 saturated heterocycles. The van der Waals surface area contributed by atoms with Gasteiger partial charge in [0.1, 0.15) is 0 Å². The minimum Gasteiger partial charge on any atom is -0.363 e. The van der Waals surface area contributed by atoms with Crippen LogP contribution in [0.2, 0.25) is 0 Å². The molecule has 0 saturated carbocycles. The van der Waals surface area contributed by atoms with Crippen molar-refractivity contribution in [3.63, 3.8) is 0 Å². The highest BCUT2D eigenvalue weighted by Crippen LogP contribution is 1.99. The molecule has 0 atom stereocenters. The Balaban J connectivity index is 1.48. The number of imidazole rings is 1. The summed E-state index contributed by atoms with van der Waals surface area (Å²) in [5.41, 5.74) is 2.52. The number of nitrogens with zero attached hydrogens (tertiary/aromatic N) is 1. The van der Waals surface area contributed by atoms with Gasteiger partial charge in [-0.15, -0.1) is 0 Å². The fourth-order valence-electron chi connectivity index (χ4n) is 2.09. The predicted molar refractivity (Wildman–Crippen MR) is 90.3 cm³/mol. The van der Waals surface area contributed by atoms with Gasteiger partial charge in [-0.2, -0.15) is 0 Å². The Bertz CT molecular complexity index is 510. The SMILES string of the molecule is S=C(NCCCCc1cnc[nH]1)NCCc1ccccc1. The van der Waals surface area contributed by atoms with Crippen LogP contribution in [-0.4, -0.2) is 28.2 Å². The third-order valence-electron chi connectivity index (χ3n) is 3.26. The Labute approximate surface area is 131 Å². The lowest BCUT2D eigenvalue weighted by atomic mass is 10.1. The van der Waals surface area contributed by atoms with Crippen LogP contribution < -0.4 is 10.6 Å². The van der Waals surface area contributed by atoms with Gasteiger partial charge in [-0.1, -0.05) is 30.3 Å². The number of nitrogens with one attached hydrogen (secondary N) is 3. The minimum atomic E-state index is 0.743. The first-order valence-electron chi connectivity index (χ1n) is 7.37. The van der Waals surface area contributed by atoms with Crippen LogP contribution in [0.25, 0.3) is 0 Å². The molecule has 2 aromatic rings. The fourth-order valence-corrected chi connectivity index (χ4v) is 2.30. The number of hydrogen-bond donors (Lipinski definition) is 3. The minimum absolute atomic E-state index is 0.743. The number of aromatic amines is 1. The Kier molecular flexibility index (Phi) is 6.74. The van der Waals surface area contributed by atoms with Crippen LogP contribution in [0.4, 0.5) is 0 Å². The molecule has 1 aromatic carbocycles. The van der Waals surface area contributed by atoms with Crippen molar-refractivity contribution in [2.24, 2.45) is 0 Å². The summed E-state index contributed by atoms with van der Waals surface area (Å²) in [6, 6.07) is 10.4. The lowest BCUT2D eigenvalue weighted by Gasteiger charge is -2.10. The van der Waals surface area contributed by atoms with E-state index >= 15 is 0 Å². The van der Waals surface area contributed by atoms with E-state index in [0.717, 1.165) is 43.9 Å². The molecule has 0 radical (unpaired) electrons. The number of aryl methyl sites for hydroxylation is 1. The molecule has 0 fully saturated rings. The summed E-state index contributed by atoms with van der Waals surface area (Å²) in [6.45, 7) is 1.77. The smallest absolute Gasteiger partial charge is 0.166 e. The molecule has 0 amide bonds. The van der Waals surface area contributed by atoms with Crippen molar-refractivity contribution in [3.05, 3.63) is 54.1 Å². The Morgan fingerprint density at radius 1 is 1.05 bits per heavy atom. The number of unbranched alkanes of at least 4 members (excludes halogenated alkanes) is 1. The Morgan fingerprint density at radius 2 is 1.86 bits per heavy atom. The van der Waals surface area contributed by atoms with Gasteiger partial charge < -0.3 is 15.6 Å². The number of aromatic nitrogens is 2. The molecular weight excluding hydrogens is 280 g/mol. The van der Waals surface area contributed by atoms with Crippen LogP contribution in [0, 0.1) is 0 Å². The summed E-state index contributed by atoms with van der Waals surface area (Å²) in [5.74, 6) is 0. The monoisotopic (exact) mass is 302 g/mol. The molecule has 5 heteroatoms. The number of thiocarbonyl (C=S) groups is 1. The number of hydrogen-bond acceptors (Lipinski definition) is 2. The number of rotatable bonds is 8. The van der Waals surface area contributed by atoms with Gasteiger partial charge in [0.2, 0.25) is 0 Å². The van der Waals surface area contributed by atoms with Crippen LogP contribution in [0.5, 0.6) is 0 Å². The van der Waals surface area contributed by atoms with E-state index in [9.17, 15) is 0 Å². The van der Waals surface area contributed by atoms with Crippen LogP contribution in [-0.2, 0) is 12.8 Å². The molecule has 2 rings (SSSR count). The van der Waals surface area contributed by atoms with E-state index < -0.39 is 0 Å². The normalized spacial score (nSPS) is 10.3. The van der Waals surface area contributed by atoms with E-state index in [-0.39, 0.29) is 0 Å². The van der Waals surface area contributed by atoms with Gasteiger partial charge in [0.15, 0.2) is 5.11 Å². The third-order valence-corrected chi connectivity index (χ3v) is 3.54. The lowest BCUT2D eigenvalue weighted by molar-refractivity contribution is 0.694. The molecule has 3 N–H and O–H groups in total. The summed E-state index contributed by atoms with van der Waals surface area (Å²) in [4.78, 5) is 7.12. The molecule has 21 heavy (non-hydrogen) atoms. The van der Waals surface area contributed by atoms with Gasteiger partial charge in [-0.05, 0) is 43.5 Å². The predicted octanol–water partition coefficient (Wildman–Crippen LogP) is 2.44. The van der Waals surface area contributed by atoms with E-state index in [1.165, 1.54) is 11.3 Å². The highest BCUT2D eigenvalue weighted by Gasteiger charge is 1.97. The lowest BCUT2D eigenvalue weighted by Crippen LogP contribution is -2.36. The first-order valence-corrected chi connectivity index (χ1v) is 7.78. The van der Waals surface area contributed by atoms with E-state index in [0.29, 0.717) is 0 Å². The Morgan fingerprint density at radius 3 is 2.62 bits per heavy atom. The van der Waals surface area contributed by atoms with Crippen molar-refractivity contribution < 1.29 is 0 Å². The highest BCUT2D eigenvalue weighted by molar-refractivity contribution is 7.80. The third kappa shape index (κ3) is 6.40. The second-order valence-electron chi connectivity index (χ2n) is 4.95. The standard InChI is InChI=1S/C16H22N4S/c21-16(19-11-9-14-6-2-1-3-7-14)18-10-5-4-8-15-12-17-13-20-15/h1-3,6-7,12-13H,4-5,8-11H2,(H,17,20)(H2,18,19,21). The maximum atomic E-state index is 5.26. The zero-order valence-corrected chi connectivity index (χ0v) is 13.0. The summed E-state index contributed by atoms with van der Waals surface area (Å²) in [6.07, 6.45) is 7.85. The van der Waals surface area contributed by atoms with Gasteiger partial charge in [-0.3, -0.25) is 0 Å². The topological polar surface area (TPSA) is 52.7 Å². The first-order chi connectivity index (χ1) is 10.3. The van der Waals surface area contributed by atoms with Gasteiger partial charge in [0.25, 0.3) is 0 Å². The van der Waals surface area contributed by atoms with Crippen molar-refractivity contribution in [2.75, 3.05) is 13.1 Å². The molecule has 0 aliphatic heterocycles. The summed E-state index contributed by atoms with van der Waals surface area (Å²) in [5, 5.41) is 7.23. The molecule has 4 nitrogen and oxygen atoms in total. The van der Waals surface area contributed by atoms with Crippen molar-refractivity contribution in [1.29, 1.82) is 0 Å². The molecule has 0 unspecified atom stereocenters. The summed E-state index contributed by atoms with van der Waals surface area (Å²) < 4.78 is 0. The van der Waals surface area contributed by atoms with E-state index in [2.05, 4.69) is 44.9 Å². The molecule has 0 spiro atoms. The van der Waals surface area contributed by atoms with Gasteiger partial charge >= 0.3 is 0 Å². The molecule has 0 bridgehead atoms. The molecule has 0 aliphatic rings. The van der Waals surface area contributed by atoms with Crippen LogP contribution in [0.3, 0.4) is 0 Å². The largest absolute Gasteiger partial charge is 0.363 e. The van der Waals surface area contributed by atoms with Crippen molar-refractivity contribution in [2.45, 2.75) is 25.7 Å². The summed E-state index contributed by atoms with van der Waals surface area (Å²) in [7, 11) is 0. The van der Waals surface area contributed by atoms with Crippen LogP contribution >= 0.6 is 12.2 Å². The first kappa shape index (κ1) is 15.5. The average molecular weight is 302 g/mol. The molecule has 0 aliphatic carbocycles. The molecule has 1 aromatic heterocycles. The summed E-state index contributed by atoms with van der Waals surface area (Å²) >= 11 is 5.26. The van der Waals surface area contributed by atoms with Gasteiger partial charge in [0, 0.05) is 25.0 Å². The molecular formula is C16H22N4S. The number of H-pyrrole nitrogens is 1. The van der Waals surface area contributed by atoms with Gasteiger partial charge in [0.05, 0.1) is 6.33 Å². The quantitative estimate of drug-likeness (QED) is 0.518. The van der Waals surface area contributed by atoms with Gasteiger partial charge in [-0.25, -0.2) is 4.98 Å². The average Bonchev–Trinajstić information content (AvgIpc) is 3.01. The highest BCUT2D eigenvalue weighted by atomic mass is 32.1. The van der Waals surface area contributed by atoms with Crippen molar-refractivity contribution in [3.8, 4) is 0 Å². The number of benzene rings is 1. The van der Waals surface area contributed by atoms with E-state index in [1.807, 2.05) is 12.3 Å². The van der Waals surface area contributed by atoms with Crippen LogP contribution in [0.15, 0.2) is 42.9 Å².